The van der Waals surface area contributed by atoms with Gasteiger partial charge in [-0.3, -0.25) is 9.59 Å². The number of Topliss-reactive ketones (excluding diaryl/α,β-unsaturated/α-hetero) is 2. The Morgan fingerprint density at radius 1 is 1.31 bits per heavy atom. The molecule has 0 unspecified atom stereocenters. The molecule has 0 heterocycles. The second-order valence-corrected chi connectivity index (χ2v) is 2.89. The minimum absolute atomic E-state index is 0.285. The molecule has 0 aliphatic rings. The Morgan fingerprint density at radius 3 is 2.31 bits per heavy atom. The number of hydrogen-bond donors (Lipinski definition) is 1. The first kappa shape index (κ1) is 11.8. The topological polar surface area (TPSA) is 66.7 Å². The number of hydrogen-bond acceptors (Lipinski definition) is 4. The summed E-state index contributed by atoms with van der Waals surface area (Å²) < 4.78 is 0. The molecule has 13 heavy (non-hydrogen) atoms. The summed E-state index contributed by atoms with van der Waals surface area (Å²) in [6, 6.07) is 0. The molecule has 0 radical (unpaired) electrons. The standard InChI is InChI=1S/C9H15NO3/c1-3-4-5-6-8(12)9(10-13)7(2)11/h13H,3-6H2,1-2H3. The van der Waals surface area contributed by atoms with Gasteiger partial charge in [-0.15, -0.1) is 0 Å². The Morgan fingerprint density at radius 2 is 1.92 bits per heavy atom. The van der Waals surface area contributed by atoms with Gasteiger partial charge in [-0.1, -0.05) is 24.9 Å². The average Bonchev–Trinajstić information content (AvgIpc) is 2.05. The first-order chi connectivity index (χ1) is 6.13. The zero-order valence-corrected chi connectivity index (χ0v) is 8.04. The molecule has 0 aromatic carbocycles. The second kappa shape index (κ2) is 6.34. The van der Waals surface area contributed by atoms with Crippen molar-refractivity contribution < 1.29 is 14.8 Å². The van der Waals surface area contributed by atoms with E-state index in [1.807, 2.05) is 6.92 Å². The van der Waals surface area contributed by atoms with Crippen molar-refractivity contribution in [1.82, 2.24) is 0 Å². The summed E-state index contributed by atoms with van der Waals surface area (Å²) in [6.07, 6.45) is 2.98. The van der Waals surface area contributed by atoms with Crippen molar-refractivity contribution in [2.75, 3.05) is 0 Å². The van der Waals surface area contributed by atoms with Crippen molar-refractivity contribution in [2.24, 2.45) is 5.16 Å². The minimum Gasteiger partial charge on any atom is -0.410 e. The van der Waals surface area contributed by atoms with E-state index in [0.717, 1.165) is 19.3 Å². The van der Waals surface area contributed by atoms with E-state index in [4.69, 9.17) is 5.21 Å². The molecule has 0 spiro atoms. The number of nitrogens with zero attached hydrogens (tertiary/aromatic N) is 1. The van der Waals surface area contributed by atoms with Crippen LogP contribution >= 0.6 is 0 Å². The van der Waals surface area contributed by atoms with Gasteiger partial charge in [0.1, 0.15) is 0 Å². The van der Waals surface area contributed by atoms with E-state index in [2.05, 4.69) is 5.16 Å². The Labute approximate surface area is 77.6 Å². The van der Waals surface area contributed by atoms with Crippen molar-refractivity contribution in [1.29, 1.82) is 0 Å². The van der Waals surface area contributed by atoms with Crippen molar-refractivity contribution >= 4 is 17.3 Å². The van der Waals surface area contributed by atoms with Gasteiger partial charge in [0.2, 0.25) is 0 Å². The summed E-state index contributed by atoms with van der Waals surface area (Å²) >= 11 is 0. The van der Waals surface area contributed by atoms with E-state index in [1.54, 1.807) is 0 Å². The van der Waals surface area contributed by atoms with E-state index < -0.39 is 5.78 Å². The van der Waals surface area contributed by atoms with Gasteiger partial charge < -0.3 is 5.21 Å². The van der Waals surface area contributed by atoms with E-state index in [0.29, 0.717) is 0 Å². The van der Waals surface area contributed by atoms with E-state index >= 15 is 0 Å². The molecule has 0 saturated heterocycles. The number of rotatable bonds is 6. The molecule has 0 aliphatic carbocycles. The maximum absolute atomic E-state index is 11.2. The van der Waals surface area contributed by atoms with Crippen molar-refractivity contribution in [3.05, 3.63) is 0 Å². The van der Waals surface area contributed by atoms with Crippen molar-refractivity contribution in [2.45, 2.75) is 39.5 Å². The van der Waals surface area contributed by atoms with Gasteiger partial charge in [-0.2, -0.15) is 0 Å². The fourth-order valence-electron chi connectivity index (χ4n) is 0.976. The van der Waals surface area contributed by atoms with Crippen LogP contribution in [0.1, 0.15) is 39.5 Å². The molecule has 0 amide bonds. The van der Waals surface area contributed by atoms with Gasteiger partial charge in [0.15, 0.2) is 17.3 Å². The van der Waals surface area contributed by atoms with Crippen LogP contribution in [0.5, 0.6) is 0 Å². The van der Waals surface area contributed by atoms with Crippen LogP contribution in [0.2, 0.25) is 0 Å². The average molecular weight is 185 g/mol. The molecule has 0 fully saturated rings. The highest BCUT2D eigenvalue weighted by atomic mass is 16.4. The predicted octanol–water partition coefficient (Wildman–Crippen LogP) is 1.55. The summed E-state index contributed by atoms with van der Waals surface area (Å²) in [5, 5.41) is 11.1. The van der Waals surface area contributed by atoms with Gasteiger partial charge >= 0.3 is 0 Å². The summed E-state index contributed by atoms with van der Waals surface area (Å²) in [6.45, 7) is 3.24. The van der Waals surface area contributed by atoms with Gasteiger partial charge in [-0.25, -0.2) is 0 Å². The zero-order valence-electron chi connectivity index (χ0n) is 8.04. The maximum atomic E-state index is 11.2. The first-order valence-corrected chi connectivity index (χ1v) is 4.39. The van der Waals surface area contributed by atoms with E-state index in [-0.39, 0.29) is 17.9 Å². The highest BCUT2D eigenvalue weighted by molar-refractivity contribution is 6.65. The third-order valence-electron chi connectivity index (χ3n) is 1.70. The van der Waals surface area contributed by atoms with E-state index in [9.17, 15) is 9.59 Å². The molecular weight excluding hydrogens is 170 g/mol. The van der Waals surface area contributed by atoms with Crippen LogP contribution in [0.3, 0.4) is 0 Å². The lowest BCUT2D eigenvalue weighted by Crippen LogP contribution is -2.21. The van der Waals surface area contributed by atoms with Crippen LogP contribution in [0.4, 0.5) is 0 Å². The number of carbonyl (C=O) groups excluding carboxylic acids is 2. The molecule has 0 atom stereocenters. The molecule has 0 bridgehead atoms. The van der Waals surface area contributed by atoms with Crippen LogP contribution < -0.4 is 0 Å². The highest BCUT2D eigenvalue weighted by Gasteiger charge is 2.15. The summed E-state index contributed by atoms with van der Waals surface area (Å²) in [5.41, 5.74) is -0.337. The van der Waals surface area contributed by atoms with E-state index in [1.165, 1.54) is 6.92 Å². The number of ketones is 2. The Bertz CT molecular complexity index is 221. The third-order valence-corrected chi connectivity index (χ3v) is 1.70. The fourth-order valence-corrected chi connectivity index (χ4v) is 0.976. The van der Waals surface area contributed by atoms with Gasteiger partial charge in [0, 0.05) is 13.3 Å². The summed E-state index contributed by atoms with van der Waals surface area (Å²) in [5.74, 6) is -0.854. The molecule has 4 nitrogen and oxygen atoms in total. The largest absolute Gasteiger partial charge is 0.410 e. The van der Waals surface area contributed by atoms with Crippen LogP contribution in [-0.4, -0.2) is 22.5 Å². The third kappa shape index (κ3) is 4.40. The van der Waals surface area contributed by atoms with Crippen LogP contribution in [-0.2, 0) is 9.59 Å². The lowest BCUT2D eigenvalue weighted by atomic mass is 10.1. The Hall–Kier alpha value is -1.19. The molecule has 0 saturated carbocycles. The molecule has 0 aliphatic heterocycles. The highest BCUT2D eigenvalue weighted by Crippen LogP contribution is 2.01. The van der Waals surface area contributed by atoms with Crippen LogP contribution in [0, 0.1) is 0 Å². The predicted molar refractivity (Wildman–Crippen MR) is 49.1 cm³/mol. The number of carbonyl (C=O) groups is 2. The quantitative estimate of drug-likeness (QED) is 0.224. The summed E-state index contributed by atoms with van der Waals surface area (Å²) in [7, 11) is 0. The fraction of sp³-hybridized carbons (Fsp3) is 0.667. The number of oxime groups is 1. The van der Waals surface area contributed by atoms with Gasteiger partial charge in [0.05, 0.1) is 0 Å². The molecule has 74 valence electrons. The molecule has 0 rings (SSSR count). The molecule has 4 heteroatoms. The first-order valence-electron chi connectivity index (χ1n) is 4.39. The monoisotopic (exact) mass is 185 g/mol. The lowest BCUT2D eigenvalue weighted by Gasteiger charge is -1.98. The maximum Gasteiger partial charge on any atom is 0.188 e. The van der Waals surface area contributed by atoms with Gasteiger partial charge in [0.25, 0.3) is 0 Å². The second-order valence-electron chi connectivity index (χ2n) is 2.89. The molecule has 1 N–H and O–H groups in total. The summed E-state index contributed by atoms with van der Waals surface area (Å²) in [4.78, 5) is 21.9. The Balaban J connectivity index is 4.02. The van der Waals surface area contributed by atoms with Crippen molar-refractivity contribution in [3.63, 3.8) is 0 Å². The normalized spacial score (nSPS) is 11.4. The van der Waals surface area contributed by atoms with Crippen LogP contribution in [0.25, 0.3) is 0 Å². The molecular formula is C9H15NO3. The smallest absolute Gasteiger partial charge is 0.188 e. The zero-order chi connectivity index (χ0) is 10.3. The lowest BCUT2D eigenvalue weighted by molar-refractivity contribution is -0.116. The number of unbranched alkanes of at least 4 members (excludes halogenated alkanes) is 2. The molecule has 0 aromatic heterocycles. The SMILES string of the molecule is CCCCCC(=O)C(=NO)C(C)=O. The van der Waals surface area contributed by atoms with Gasteiger partial charge in [-0.05, 0) is 6.42 Å². The Kier molecular flexibility index (Phi) is 5.76. The minimum atomic E-state index is -0.482. The molecule has 0 aromatic rings. The van der Waals surface area contributed by atoms with Crippen LogP contribution in [0.15, 0.2) is 5.16 Å². The van der Waals surface area contributed by atoms with Crippen molar-refractivity contribution in [3.8, 4) is 0 Å².